The van der Waals surface area contributed by atoms with Gasteiger partial charge in [-0.1, -0.05) is 23.2 Å². The Morgan fingerprint density at radius 2 is 1.83 bits per heavy atom. The summed E-state index contributed by atoms with van der Waals surface area (Å²) in [6.07, 6.45) is 0. The summed E-state index contributed by atoms with van der Waals surface area (Å²) in [6, 6.07) is 4.45. The monoisotopic (exact) mass is 373 g/mol. The van der Waals surface area contributed by atoms with Crippen molar-refractivity contribution in [1.29, 1.82) is 0 Å². The summed E-state index contributed by atoms with van der Waals surface area (Å²) in [6.45, 7) is 5.56. The van der Waals surface area contributed by atoms with Gasteiger partial charge in [-0.25, -0.2) is 0 Å². The number of benzene rings is 1. The molecule has 1 aromatic rings. The number of hydrogen-bond acceptors (Lipinski definition) is 3. The lowest BCUT2D eigenvalue weighted by molar-refractivity contribution is -0.135. The number of nitrogens with zero attached hydrogens (tertiary/aromatic N) is 1. The molecule has 3 amide bonds. The van der Waals surface area contributed by atoms with Crippen molar-refractivity contribution in [2.75, 3.05) is 19.6 Å². The maximum absolute atomic E-state index is 12.1. The molecule has 0 saturated carbocycles. The molecule has 6 nitrogen and oxygen atoms in total. The molecule has 0 heterocycles. The smallest absolute Gasteiger partial charge is 0.251 e. The average Bonchev–Trinajstić information content (AvgIpc) is 2.51. The van der Waals surface area contributed by atoms with E-state index in [0.717, 1.165) is 0 Å². The van der Waals surface area contributed by atoms with Crippen LogP contribution in [0.2, 0.25) is 10.0 Å². The first-order valence-corrected chi connectivity index (χ1v) is 8.30. The number of carbonyl (C=O) groups excluding carboxylic acids is 3. The van der Waals surface area contributed by atoms with E-state index in [1.54, 1.807) is 6.92 Å². The van der Waals surface area contributed by atoms with Crippen molar-refractivity contribution in [3.8, 4) is 0 Å². The molecule has 0 radical (unpaired) electrons. The molecule has 2 N–H and O–H groups in total. The van der Waals surface area contributed by atoms with Gasteiger partial charge >= 0.3 is 0 Å². The normalized spacial score (nSPS) is 10.4. The SMILES string of the molecule is CCN(CC(=O)NC(C)C)C(=O)CNC(=O)c1ccc(Cl)c(Cl)c1. The molecule has 8 heteroatoms. The van der Waals surface area contributed by atoms with E-state index in [2.05, 4.69) is 10.6 Å². The molecular formula is C16H21Cl2N3O3. The van der Waals surface area contributed by atoms with Crippen LogP contribution in [0.25, 0.3) is 0 Å². The highest BCUT2D eigenvalue weighted by Gasteiger charge is 2.17. The minimum atomic E-state index is -0.440. The predicted octanol–water partition coefficient (Wildman–Crippen LogP) is 2.10. The average molecular weight is 374 g/mol. The van der Waals surface area contributed by atoms with Gasteiger partial charge in [0.25, 0.3) is 5.91 Å². The van der Waals surface area contributed by atoms with Gasteiger partial charge in [0.05, 0.1) is 23.1 Å². The third kappa shape index (κ3) is 6.37. The largest absolute Gasteiger partial charge is 0.352 e. The lowest BCUT2D eigenvalue weighted by Gasteiger charge is -2.21. The standard InChI is InChI=1S/C16H21Cl2N3O3/c1-4-21(9-14(22)20-10(2)3)15(23)8-19-16(24)11-5-6-12(17)13(18)7-11/h5-7,10H,4,8-9H2,1-3H3,(H,19,24)(H,20,22). The second-order valence-electron chi connectivity index (χ2n) is 5.44. The van der Waals surface area contributed by atoms with Crippen LogP contribution in [0.4, 0.5) is 0 Å². The molecule has 0 aromatic heterocycles. The third-order valence-electron chi connectivity index (χ3n) is 3.10. The molecule has 0 aliphatic rings. The van der Waals surface area contributed by atoms with Crippen molar-refractivity contribution < 1.29 is 14.4 Å². The first-order valence-electron chi connectivity index (χ1n) is 7.55. The molecular weight excluding hydrogens is 353 g/mol. The minimum Gasteiger partial charge on any atom is -0.352 e. The van der Waals surface area contributed by atoms with Crippen LogP contribution in [0.15, 0.2) is 18.2 Å². The fraction of sp³-hybridized carbons (Fsp3) is 0.438. The maximum Gasteiger partial charge on any atom is 0.251 e. The van der Waals surface area contributed by atoms with Gasteiger partial charge in [0.1, 0.15) is 0 Å². The van der Waals surface area contributed by atoms with Gasteiger partial charge in [0.2, 0.25) is 11.8 Å². The van der Waals surface area contributed by atoms with E-state index in [9.17, 15) is 14.4 Å². The zero-order valence-electron chi connectivity index (χ0n) is 13.9. The Balaban J connectivity index is 2.57. The second kappa shape index (κ2) is 9.49. The number of halogens is 2. The quantitative estimate of drug-likeness (QED) is 0.767. The molecule has 0 atom stereocenters. The topological polar surface area (TPSA) is 78.5 Å². The number of carbonyl (C=O) groups is 3. The maximum atomic E-state index is 12.1. The molecule has 0 unspecified atom stereocenters. The summed E-state index contributed by atoms with van der Waals surface area (Å²) < 4.78 is 0. The third-order valence-corrected chi connectivity index (χ3v) is 3.84. The van der Waals surface area contributed by atoms with E-state index in [0.29, 0.717) is 17.1 Å². The Hall–Kier alpha value is -1.79. The molecule has 24 heavy (non-hydrogen) atoms. The Labute approximate surface area is 151 Å². The number of rotatable bonds is 7. The first kappa shape index (κ1) is 20.3. The van der Waals surface area contributed by atoms with Crippen molar-refractivity contribution in [2.45, 2.75) is 26.8 Å². The van der Waals surface area contributed by atoms with E-state index < -0.39 is 5.91 Å². The van der Waals surface area contributed by atoms with Crippen LogP contribution in [-0.4, -0.2) is 48.3 Å². The Kier molecular flexibility index (Phi) is 8.01. The summed E-state index contributed by atoms with van der Waals surface area (Å²) >= 11 is 11.7. The van der Waals surface area contributed by atoms with E-state index in [-0.39, 0.29) is 36.0 Å². The van der Waals surface area contributed by atoms with E-state index in [1.807, 2.05) is 13.8 Å². The summed E-state index contributed by atoms with van der Waals surface area (Å²) in [5.41, 5.74) is 0.304. The molecule has 0 spiro atoms. The fourth-order valence-electron chi connectivity index (χ4n) is 1.92. The lowest BCUT2D eigenvalue weighted by Crippen LogP contribution is -2.46. The molecule has 1 aromatic carbocycles. The van der Waals surface area contributed by atoms with Gasteiger partial charge in [-0.15, -0.1) is 0 Å². The van der Waals surface area contributed by atoms with Crippen LogP contribution in [0.3, 0.4) is 0 Å². The highest BCUT2D eigenvalue weighted by Crippen LogP contribution is 2.22. The van der Waals surface area contributed by atoms with Crippen molar-refractivity contribution >= 4 is 40.9 Å². The van der Waals surface area contributed by atoms with Crippen LogP contribution < -0.4 is 10.6 Å². The van der Waals surface area contributed by atoms with Gasteiger partial charge < -0.3 is 15.5 Å². The molecule has 0 aliphatic heterocycles. The highest BCUT2D eigenvalue weighted by molar-refractivity contribution is 6.42. The first-order chi connectivity index (χ1) is 11.2. The van der Waals surface area contributed by atoms with Gasteiger partial charge in [-0.05, 0) is 39.0 Å². The molecule has 0 bridgehead atoms. The van der Waals surface area contributed by atoms with Crippen molar-refractivity contribution in [3.05, 3.63) is 33.8 Å². The van der Waals surface area contributed by atoms with Gasteiger partial charge in [0.15, 0.2) is 0 Å². The number of nitrogens with one attached hydrogen (secondary N) is 2. The summed E-state index contributed by atoms with van der Waals surface area (Å²) in [5.74, 6) is -1.02. The van der Waals surface area contributed by atoms with Crippen LogP contribution in [0.1, 0.15) is 31.1 Å². The lowest BCUT2D eigenvalue weighted by atomic mass is 10.2. The Morgan fingerprint density at radius 3 is 2.38 bits per heavy atom. The number of hydrogen-bond donors (Lipinski definition) is 2. The number of likely N-dealkylation sites (N-methyl/N-ethyl adjacent to an activating group) is 1. The molecule has 0 aliphatic carbocycles. The predicted molar refractivity (Wildman–Crippen MR) is 94.3 cm³/mol. The van der Waals surface area contributed by atoms with Crippen molar-refractivity contribution in [3.63, 3.8) is 0 Å². The molecule has 132 valence electrons. The minimum absolute atomic E-state index is 0.000615. The van der Waals surface area contributed by atoms with Crippen LogP contribution in [0, 0.1) is 0 Å². The van der Waals surface area contributed by atoms with E-state index in [1.165, 1.54) is 23.1 Å². The van der Waals surface area contributed by atoms with E-state index in [4.69, 9.17) is 23.2 Å². The fourth-order valence-corrected chi connectivity index (χ4v) is 2.22. The van der Waals surface area contributed by atoms with E-state index >= 15 is 0 Å². The van der Waals surface area contributed by atoms with Gasteiger partial charge in [0, 0.05) is 18.2 Å². The van der Waals surface area contributed by atoms with Crippen molar-refractivity contribution in [2.24, 2.45) is 0 Å². The Bertz CT molecular complexity index is 621. The van der Waals surface area contributed by atoms with Crippen molar-refractivity contribution in [1.82, 2.24) is 15.5 Å². The van der Waals surface area contributed by atoms with Crippen LogP contribution in [-0.2, 0) is 9.59 Å². The second-order valence-corrected chi connectivity index (χ2v) is 6.26. The molecule has 1 rings (SSSR count). The molecule has 0 saturated heterocycles. The van der Waals surface area contributed by atoms with Crippen LogP contribution in [0.5, 0.6) is 0 Å². The van der Waals surface area contributed by atoms with Gasteiger partial charge in [-0.3, -0.25) is 14.4 Å². The van der Waals surface area contributed by atoms with Crippen LogP contribution >= 0.6 is 23.2 Å². The Morgan fingerprint density at radius 1 is 1.17 bits per heavy atom. The zero-order chi connectivity index (χ0) is 18.3. The summed E-state index contributed by atoms with van der Waals surface area (Å²) in [5, 5.41) is 5.83. The zero-order valence-corrected chi connectivity index (χ0v) is 15.4. The molecule has 0 fully saturated rings. The number of amides is 3. The summed E-state index contributed by atoms with van der Waals surface area (Å²) in [4.78, 5) is 37.3. The summed E-state index contributed by atoms with van der Waals surface area (Å²) in [7, 11) is 0. The van der Waals surface area contributed by atoms with Gasteiger partial charge in [-0.2, -0.15) is 0 Å². The highest BCUT2D eigenvalue weighted by atomic mass is 35.5.